The quantitative estimate of drug-likeness (QED) is 0.913. The molecule has 0 radical (unpaired) electrons. The summed E-state index contributed by atoms with van der Waals surface area (Å²) in [4.78, 5) is 4.15. The number of halogens is 3. The first-order chi connectivity index (χ1) is 8.55. The van der Waals surface area contributed by atoms with Crippen molar-refractivity contribution in [1.29, 1.82) is 0 Å². The van der Waals surface area contributed by atoms with Crippen molar-refractivity contribution in [1.82, 2.24) is 10.3 Å². The Labute approximate surface area is 109 Å². The highest BCUT2D eigenvalue weighted by Gasteiger charge is 2.41. The average Bonchev–Trinajstić information content (AvgIpc) is 2.81. The molecule has 1 N–H and O–H groups in total. The predicted molar refractivity (Wildman–Crippen MR) is 65.6 cm³/mol. The predicted octanol–water partition coefficient (Wildman–Crippen LogP) is 3.40. The number of nitrogens with one attached hydrogen (secondary N) is 1. The summed E-state index contributed by atoms with van der Waals surface area (Å²) in [6.07, 6.45) is 0.542. The van der Waals surface area contributed by atoms with Crippen LogP contribution in [0.2, 0.25) is 0 Å². The molecule has 2 nitrogen and oxygen atoms in total. The number of hydrogen-bond donors (Lipinski definition) is 1. The first-order valence-corrected chi connectivity index (χ1v) is 7.12. The lowest BCUT2D eigenvalue weighted by Crippen LogP contribution is -2.39. The molecule has 0 aliphatic heterocycles. The van der Waals surface area contributed by atoms with Crippen molar-refractivity contribution in [3.05, 3.63) is 16.6 Å². The van der Waals surface area contributed by atoms with Gasteiger partial charge in [-0.05, 0) is 19.3 Å². The minimum atomic E-state index is -4.03. The maximum absolute atomic E-state index is 12.6. The number of alkyl halides is 3. The first-order valence-electron chi connectivity index (χ1n) is 6.24. The van der Waals surface area contributed by atoms with Gasteiger partial charge in [0.2, 0.25) is 0 Å². The minimum Gasteiger partial charge on any atom is -0.314 e. The Kier molecular flexibility index (Phi) is 4.61. The molecule has 1 aromatic heterocycles. The zero-order chi connectivity index (χ0) is 13.0. The minimum absolute atomic E-state index is 0.00494. The summed E-state index contributed by atoms with van der Waals surface area (Å²) >= 11 is 1.58. The van der Waals surface area contributed by atoms with Crippen LogP contribution in [0.3, 0.4) is 0 Å². The highest BCUT2D eigenvalue weighted by atomic mass is 32.1. The fourth-order valence-corrected chi connectivity index (χ4v) is 3.05. The molecule has 0 saturated heterocycles. The summed E-state index contributed by atoms with van der Waals surface area (Å²) in [5.74, 6) is -1.12. The standard InChI is InChI=1S/C12H17F3N2S/c13-12(14,15)9-2-1-3-10(8-9)16-5-4-11-17-6-7-18-11/h6-7,9-10,16H,1-5,8H2. The van der Waals surface area contributed by atoms with Gasteiger partial charge in [0.15, 0.2) is 0 Å². The van der Waals surface area contributed by atoms with Crippen LogP contribution in [0.5, 0.6) is 0 Å². The molecule has 6 heteroatoms. The molecule has 2 atom stereocenters. The number of hydrogen-bond acceptors (Lipinski definition) is 3. The third-order valence-corrected chi connectivity index (χ3v) is 4.23. The normalized spacial score (nSPS) is 25.3. The Hall–Kier alpha value is -0.620. The number of aromatic nitrogens is 1. The van der Waals surface area contributed by atoms with E-state index in [1.807, 2.05) is 5.38 Å². The summed E-state index contributed by atoms with van der Waals surface area (Å²) < 4.78 is 37.9. The van der Waals surface area contributed by atoms with E-state index in [0.29, 0.717) is 13.0 Å². The van der Waals surface area contributed by atoms with Crippen LogP contribution < -0.4 is 5.32 Å². The van der Waals surface area contributed by atoms with Crippen LogP contribution >= 0.6 is 11.3 Å². The molecule has 0 bridgehead atoms. The Bertz CT molecular complexity index is 351. The van der Waals surface area contributed by atoms with Gasteiger partial charge < -0.3 is 5.32 Å². The van der Waals surface area contributed by atoms with Gasteiger partial charge in [0.1, 0.15) is 0 Å². The number of rotatable bonds is 4. The van der Waals surface area contributed by atoms with Gasteiger partial charge in [0.05, 0.1) is 10.9 Å². The molecular weight excluding hydrogens is 261 g/mol. The summed E-state index contributed by atoms with van der Waals surface area (Å²) in [6.45, 7) is 0.711. The van der Waals surface area contributed by atoms with E-state index < -0.39 is 12.1 Å². The van der Waals surface area contributed by atoms with Crippen LogP contribution in [-0.2, 0) is 6.42 Å². The van der Waals surface area contributed by atoms with E-state index in [-0.39, 0.29) is 18.9 Å². The fraction of sp³-hybridized carbons (Fsp3) is 0.750. The average molecular weight is 278 g/mol. The Morgan fingerprint density at radius 1 is 1.39 bits per heavy atom. The Balaban J connectivity index is 1.73. The molecule has 1 fully saturated rings. The maximum atomic E-state index is 12.6. The molecule has 1 heterocycles. The molecule has 0 spiro atoms. The van der Waals surface area contributed by atoms with Crippen LogP contribution in [-0.4, -0.2) is 23.7 Å². The van der Waals surface area contributed by atoms with E-state index in [4.69, 9.17) is 0 Å². The molecule has 18 heavy (non-hydrogen) atoms. The highest BCUT2D eigenvalue weighted by Crippen LogP contribution is 2.37. The molecule has 2 unspecified atom stereocenters. The first kappa shape index (κ1) is 13.8. The lowest BCUT2D eigenvalue weighted by molar-refractivity contribution is -0.183. The molecule has 1 aliphatic carbocycles. The second-order valence-electron chi connectivity index (χ2n) is 4.73. The summed E-state index contributed by atoms with van der Waals surface area (Å²) in [5, 5.41) is 6.17. The number of thiazole rings is 1. The second-order valence-corrected chi connectivity index (χ2v) is 5.71. The van der Waals surface area contributed by atoms with Gasteiger partial charge in [-0.25, -0.2) is 4.98 Å². The van der Waals surface area contributed by atoms with Gasteiger partial charge in [-0.15, -0.1) is 11.3 Å². The molecule has 102 valence electrons. The van der Waals surface area contributed by atoms with Gasteiger partial charge in [-0.2, -0.15) is 13.2 Å². The van der Waals surface area contributed by atoms with E-state index in [1.54, 1.807) is 17.5 Å². The fourth-order valence-electron chi connectivity index (χ4n) is 2.43. The van der Waals surface area contributed by atoms with Crippen LogP contribution in [0.25, 0.3) is 0 Å². The monoisotopic (exact) mass is 278 g/mol. The second kappa shape index (κ2) is 6.02. The van der Waals surface area contributed by atoms with Crippen LogP contribution in [0, 0.1) is 5.92 Å². The van der Waals surface area contributed by atoms with E-state index >= 15 is 0 Å². The third kappa shape index (κ3) is 3.95. The van der Waals surface area contributed by atoms with Crippen LogP contribution in [0.1, 0.15) is 30.7 Å². The van der Waals surface area contributed by atoms with E-state index in [0.717, 1.165) is 17.8 Å². The van der Waals surface area contributed by atoms with Crippen molar-refractivity contribution < 1.29 is 13.2 Å². The largest absolute Gasteiger partial charge is 0.391 e. The highest BCUT2D eigenvalue weighted by molar-refractivity contribution is 7.09. The Morgan fingerprint density at radius 2 is 2.22 bits per heavy atom. The van der Waals surface area contributed by atoms with Crippen LogP contribution in [0.4, 0.5) is 13.2 Å². The van der Waals surface area contributed by atoms with Crippen molar-refractivity contribution in [3.63, 3.8) is 0 Å². The maximum Gasteiger partial charge on any atom is 0.391 e. The van der Waals surface area contributed by atoms with Crippen molar-refractivity contribution >= 4 is 11.3 Å². The molecule has 1 saturated carbocycles. The number of nitrogens with zero attached hydrogens (tertiary/aromatic N) is 1. The van der Waals surface area contributed by atoms with Gasteiger partial charge in [0, 0.05) is 30.6 Å². The molecule has 1 aliphatic rings. The van der Waals surface area contributed by atoms with Gasteiger partial charge >= 0.3 is 6.18 Å². The topological polar surface area (TPSA) is 24.9 Å². The van der Waals surface area contributed by atoms with Crippen LogP contribution in [0.15, 0.2) is 11.6 Å². The van der Waals surface area contributed by atoms with E-state index in [1.165, 1.54) is 0 Å². The molecular formula is C12H17F3N2S. The SMILES string of the molecule is FC(F)(F)C1CCCC(NCCc2nccs2)C1. The summed E-state index contributed by atoms with van der Waals surface area (Å²) in [7, 11) is 0. The van der Waals surface area contributed by atoms with E-state index in [9.17, 15) is 13.2 Å². The molecule has 0 amide bonds. The van der Waals surface area contributed by atoms with Crippen molar-refractivity contribution in [2.75, 3.05) is 6.54 Å². The lowest BCUT2D eigenvalue weighted by Gasteiger charge is -2.31. The zero-order valence-corrected chi connectivity index (χ0v) is 10.9. The van der Waals surface area contributed by atoms with Crippen molar-refractivity contribution in [2.24, 2.45) is 5.92 Å². The zero-order valence-electron chi connectivity index (χ0n) is 10.0. The summed E-state index contributed by atoms with van der Waals surface area (Å²) in [6, 6.07) is 0.00494. The molecule has 2 rings (SSSR count). The third-order valence-electron chi connectivity index (χ3n) is 3.39. The van der Waals surface area contributed by atoms with Crippen molar-refractivity contribution in [2.45, 2.75) is 44.3 Å². The molecule has 0 aromatic carbocycles. The lowest BCUT2D eigenvalue weighted by atomic mass is 9.85. The van der Waals surface area contributed by atoms with Gasteiger partial charge in [-0.3, -0.25) is 0 Å². The molecule has 1 aromatic rings. The van der Waals surface area contributed by atoms with Gasteiger partial charge in [-0.1, -0.05) is 6.42 Å². The van der Waals surface area contributed by atoms with Crippen molar-refractivity contribution in [3.8, 4) is 0 Å². The van der Waals surface area contributed by atoms with E-state index in [2.05, 4.69) is 10.3 Å². The summed E-state index contributed by atoms with van der Waals surface area (Å²) in [5.41, 5.74) is 0. The Morgan fingerprint density at radius 3 is 2.89 bits per heavy atom. The van der Waals surface area contributed by atoms with Gasteiger partial charge in [0.25, 0.3) is 0 Å². The smallest absolute Gasteiger partial charge is 0.314 e.